The second-order valence-corrected chi connectivity index (χ2v) is 5.82. The van der Waals surface area contributed by atoms with Gasteiger partial charge in [0.25, 0.3) is 0 Å². The molecule has 0 N–H and O–H groups in total. The average molecular weight is 299 g/mol. The summed E-state index contributed by atoms with van der Waals surface area (Å²) in [5.41, 5.74) is 0. The first kappa shape index (κ1) is 12.8. The van der Waals surface area contributed by atoms with E-state index in [2.05, 4.69) is 9.97 Å². The summed E-state index contributed by atoms with van der Waals surface area (Å²) >= 11 is 7.19. The van der Waals surface area contributed by atoms with Crippen LogP contribution in [0.4, 0.5) is 8.78 Å². The summed E-state index contributed by atoms with van der Waals surface area (Å²) in [4.78, 5) is 9.15. The SMILES string of the molecule is Fc1ccc(Sc2cc(Cl)nc(C3CC3)n2)cc1F. The van der Waals surface area contributed by atoms with Gasteiger partial charge >= 0.3 is 0 Å². The summed E-state index contributed by atoms with van der Waals surface area (Å²) < 4.78 is 26.0. The Labute approximate surface area is 118 Å². The fourth-order valence-corrected chi connectivity index (χ4v) is 2.76. The van der Waals surface area contributed by atoms with Crippen molar-refractivity contribution in [2.75, 3.05) is 0 Å². The van der Waals surface area contributed by atoms with E-state index in [0.29, 0.717) is 21.0 Å². The minimum atomic E-state index is -0.868. The minimum Gasteiger partial charge on any atom is -0.226 e. The van der Waals surface area contributed by atoms with Crippen LogP contribution >= 0.6 is 23.4 Å². The maximum atomic E-state index is 13.1. The lowest BCUT2D eigenvalue weighted by molar-refractivity contribution is 0.506. The molecule has 1 aliphatic carbocycles. The number of rotatable bonds is 3. The molecule has 2 aromatic rings. The Balaban J connectivity index is 1.87. The van der Waals surface area contributed by atoms with Crippen molar-refractivity contribution in [2.45, 2.75) is 28.7 Å². The molecular weight excluding hydrogens is 290 g/mol. The van der Waals surface area contributed by atoms with Gasteiger partial charge < -0.3 is 0 Å². The molecule has 1 saturated carbocycles. The zero-order valence-electron chi connectivity index (χ0n) is 9.74. The molecule has 0 atom stereocenters. The van der Waals surface area contributed by atoms with E-state index >= 15 is 0 Å². The van der Waals surface area contributed by atoms with Gasteiger partial charge in [-0.15, -0.1) is 0 Å². The molecule has 3 rings (SSSR count). The van der Waals surface area contributed by atoms with E-state index in [1.54, 1.807) is 6.07 Å². The van der Waals surface area contributed by atoms with E-state index in [1.807, 2.05) is 0 Å². The molecular formula is C13H9ClF2N2S. The maximum absolute atomic E-state index is 13.1. The van der Waals surface area contributed by atoms with Crippen LogP contribution in [-0.4, -0.2) is 9.97 Å². The van der Waals surface area contributed by atoms with Gasteiger partial charge in [-0.1, -0.05) is 23.4 Å². The molecule has 0 spiro atoms. The van der Waals surface area contributed by atoms with Crippen molar-refractivity contribution in [1.29, 1.82) is 0 Å². The molecule has 1 heterocycles. The van der Waals surface area contributed by atoms with E-state index in [4.69, 9.17) is 11.6 Å². The lowest BCUT2D eigenvalue weighted by atomic mass is 10.3. The smallest absolute Gasteiger partial charge is 0.159 e. The maximum Gasteiger partial charge on any atom is 0.159 e. The van der Waals surface area contributed by atoms with Crippen molar-refractivity contribution in [2.24, 2.45) is 0 Å². The van der Waals surface area contributed by atoms with Crippen molar-refractivity contribution in [3.8, 4) is 0 Å². The topological polar surface area (TPSA) is 25.8 Å². The molecule has 0 saturated heterocycles. The second-order valence-electron chi connectivity index (χ2n) is 4.34. The van der Waals surface area contributed by atoms with Crippen molar-refractivity contribution in [1.82, 2.24) is 9.97 Å². The summed E-state index contributed by atoms with van der Waals surface area (Å²) in [6, 6.07) is 5.38. The Morgan fingerprint density at radius 2 is 1.89 bits per heavy atom. The third kappa shape index (κ3) is 3.04. The molecule has 1 fully saturated rings. The van der Waals surface area contributed by atoms with Crippen molar-refractivity contribution in [3.63, 3.8) is 0 Å². The van der Waals surface area contributed by atoms with Crippen molar-refractivity contribution < 1.29 is 8.78 Å². The van der Waals surface area contributed by atoms with Gasteiger partial charge in [0.2, 0.25) is 0 Å². The fraction of sp³-hybridized carbons (Fsp3) is 0.231. The highest BCUT2D eigenvalue weighted by Crippen LogP contribution is 2.39. The molecule has 1 aromatic heterocycles. The monoisotopic (exact) mass is 298 g/mol. The van der Waals surface area contributed by atoms with Crippen molar-refractivity contribution in [3.05, 3.63) is 46.9 Å². The van der Waals surface area contributed by atoms with Crippen LogP contribution in [0.1, 0.15) is 24.6 Å². The van der Waals surface area contributed by atoms with Crippen LogP contribution in [0.3, 0.4) is 0 Å². The van der Waals surface area contributed by atoms with Crippen LogP contribution < -0.4 is 0 Å². The summed E-state index contributed by atoms with van der Waals surface area (Å²) in [7, 11) is 0. The molecule has 0 bridgehead atoms. The highest BCUT2D eigenvalue weighted by atomic mass is 35.5. The van der Waals surface area contributed by atoms with Gasteiger partial charge in [0.15, 0.2) is 11.6 Å². The molecule has 2 nitrogen and oxygen atoms in total. The molecule has 1 aliphatic rings. The predicted molar refractivity (Wildman–Crippen MR) is 69.5 cm³/mol. The number of aromatic nitrogens is 2. The molecule has 6 heteroatoms. The highest BCUT2D eigenvalue weighted by molar-refractivity contribution is 7.99. The fourth-order valence-electron chi connectivity index (χ4n) is 1.65. The summed E-state index contributed by atoms with van der Waals surface area (Å²) in [5.74, 6) is -0.600. The van der Waals surface area contributed by atoms with Gasteiger partial charge in [-0.3, -0.25) is 0 Å². The molecule has 0 unspecified atom stereocenters. The molecule has 19 heavy (non-hydrogen) atoms. The van der Waals surface area contributed by atoms with Crippen LogP contribution in [-0.2, 0) is 0 Å². The Bertz CT molecular complexity index is 632. The third-order valence-electron chi connectivity index (χ3n) is 2.74. The molecule has 1 aromatic carbocycles. The molecule has 0 radical (unpaired) electrons. The van der Waals surface area contributed by atoms with E-state index in [1.165, 1.54) is 17.8 Å². The lowest BCUT2D eigenvalue weighted by Gasteiger charge is -2.04. The number of nitrogens with zero attached hydrogens (tertiary/aromatic N) is 2. The summed E-state index contributed by atoms with van der Waals surface area (Å²) in [5, 5.41) is 1.02. The summed E-state index contributed by atoms with van der Waals surface area (Å²) in [6.45, 7) is 0. The molecule has 0 amide bonds. The number of halogens is 3. The predicted octanol–water partition coefficient (Wildman–Crippen LogP) is 4.44. The Morgan fingerprint density at radius 3 is 2.58 bits per heavy atom. The quantitative estimate of drug-likeness (QED) is 0.784. The van der Waals surface area contributed by atoms with Crippen LogP contribution in [0.25, 0.3) is 0 Å². The van der Waals surface area contributed by atoms with Gasteiger partial charge in [0, 0.05) is 16.9 Å². The second kappa shape index (κ2) is 5.06. The first-order valence-corrected chi connectivity index (χ1v) is 6.98. The number of hydrogen-bond donors (Lipinski definition) is 0. The normalized spacial score (nSPS) is 14.7. The van der Waals surface area contributed by atoms with Crippen LogP contribution in [0.5, 0.6) is 0 Å². The van der Waals surface area contributed by atoms with E-state index in [9.17, 15) is 8.78 Å². The average Bonchev–Trinajstić information content (AvgIpc) is 3.17. The lowest BCUT2D eigenvalue weighted by Crippen LogP contribution is -1.94. The van der Waals surface area contributed by atoms with Gasteiger partial charge in [0.05, 0.1) is 0 Å². The van der Waals surface area contributed by atoms with Gasteiger partial charge in [0.1, 0.15) is 16.0 Å². The number of benzene rings is 1. The summed E-state index contributed by atoms with van der Waals surface area (Å²) in [6.07, 6.45) is 2.16. The third-order valence-corrected chi connectivity index (χ3v) is 3.85. The van der Waals surface area contributed by atoms with Gasteiger partial charge in [-0.05, 0) is 31.0 Å². The first-order valence-electron chi connectivity index (χ1n) is 5.79. The van der Waals surface area contributed by atoms with Gasteiger partial charge in [-0.25, -0.2) is 18.7 Å². The Hall–Kier alpha value is -1.20. The Morgan fingerprint density at radius 1 is 1.11 bits per heavy atom. The van der Waals surface area contributed by atoms with Crippen molar-refractivity contribution >= 4 is 23.4 Å². The van der Waals surface area contributed by atoms with E-state index in [0.717, 1.165) is 30.8 Å². The van der Waals surface area contributed by atoms with Crippen LogP contribution in [0.2, 0.25) is 5.15 Å². The number of hydrogen-bond acceptors (Lipinski definition) is 3. The highest BCUT2D eigenvalue weighted by Gasteiger charge is 2.27. The van der Waals surface area contributed by atoms with Crippen LogP contribution in [0.15, 0.2) is 34.2 Å². The van der Waals surface area contributed by atoms with E-state index in [-0.39, 0.29) is 0 Å². The first-order chi connectivity index (χ1) is 9.11. The minimum absolute atomic E-state index is 0.377. The Kier molecular flexibility index (Phi) is 3.41. The zero-order valence-corrected chi connectivity index (χ0v) is 11.3. The largest absolute Gasteiger partial charge is 0.226 e. The standard InChI is InChI=1S/C13H9ClF2N2S/c14-11-6-12(18-13(17-11)7-1-2-7)19-8-3-4-9(15)10(16)5-8/h3-7H,1-2H2. The molecule has 98 valence electrons. The van der Waals surface area contributed by atoms with Gasteiger partial charge in [-0.2, -0.15) is 0 Å². The molecule has 0 aliphatic heterocycles. The van der Waals surface area contributed by atoms with Crippen LogP contribution in [0, 0.1) is 11.6 Å². The zero-order chi connectivity index (χ0) is 13.4. The van der Waals surface area contributed by atoms with E-state index < -0.39 is 11.6 Å².